The van der Waals surface area contributed by atoms with Crippen LogP contribution in [0, 0.1) is 11.8 Å². The van der Waals surface area contributed by atoms with Crippen molar-refractivity contribution in [3.05, 3.63) is 23.7 Å². The first kappa shape index (κ1) is 15.6. The number of furan rings is 1. The van der Waals surface area contributed by atoms with Crippen molar-refractivity contribution in [3.8, 4) is 0 Å². The van der Waals surface area contributed by atoms with E-state index in [2.05, 4.69) is 50.0 Å². The van der Waals surface area contributed by atoms with E-state index >= 15 is 0 Å². The van der Waals surface area contributed by atoms with Crippen LogP contribution in [0.1, 0.15) is 52.1 Å². The first-order chi connectivity index (χ1) is 9.52. The molecule has 0 saturated heterocycles. The maximum Gasteiger partial charge on any atom is 0.118 e. The first-order valence-corrected chi connectivity index (χ1v) is 8.06. The van der Waals surface area contributed by atoms with Gasteiger partial charge >= 0.3 is 0 Å². The summed E-state index contributed by atoms with van der Waals surface area (Å²) in [5.41, 5.74) is 0. The van der Waals surface area contributed by atoms with Gasteiger partial charge in [-0.25, -0.2) is 0 Å². The predicted octanol–water partition coefficient (Wildman–Crippen LogP) is 3.65. The molecule has 1 aromatic rings. The summed E-state index contributed by atoms with van der Waals surface area (Å²) in [7, 11) is 0. The Morgan fingerprint density at radius 2 is 1.70 bits per heavy atom. The van der Waals surface area contributed by atoms with Crippen molar-refractivity contribution < 1.29 is 4.42 Å². The maximum atomic E-state index is 5.95. The van der Waals surface area contributed by atoms with Crippen molar-refractivity contribution in [2.75, 3.05) is 13.1 Å². The molecule has 0 unspecified atom stereocenters. The first-order valence-electron chi connectivity index (χ1n) is 8.06. The number of hydrogen-bond acceptors (Lipinski definition) is 3. The fourth-order valence-electron chi connectivity index (χ4n) is 2.59. The highest BCUT2D eigenvalue weighted by Crippen LogP contribution is 2.20. The largest absolute Gasteiger partial charge is 0.463 e. The Morgan fingerprint density at radius 1 is 1.10 bits per heavy atom. The van der Waals surface area contributed by atoms with Gasteiger partial charge in [0.15, 0.2) is 0 Å². The highest BCUT2D eigenvalue weighted by atomic mass is 16.3. The highest BCUT2D eigenvalue weighted by molar-refractivity contribution is 5.07. The molecule has 3 nitrogen and oxygen atoms in total. The summed E-state index contributed by atoms with van der Waals surface area (Å²) in [4.78, 5) is 2.51. The van der Waals surface area contributed by atoms with E-state index in [-0.39, 0.29) is 0 Å². The standard InChI is InChI=1S/C17H30N2O/c1-13(2)10-19(11-14(3)4)12-17-8-7-16(20-17)9-18-15-5-6-15/h7-8,13-15,18H,5-6,9-12H2,1-4H3. The molecular weight excluding hydrogens is 248 g/mol. The van der Waals surface area contributed by atoms with Gasteiger partial charge < -0.3 is 9.73 Å². The summed E-state index contributed by atoms with van der Waals surface area (Å²) in [6, 6.07) is 4.99. The Labute approximate surface area is 123 Å². The molecule has 1 N–H and O–H groups in total. The van der Waals surface area contributed by atoms with E-state index in [1.807, 2.05) is 0 Å². The Kier molecular flexibility index (Phi) is 5.67. The molecule has 20 heavy (non-hydrogen) atoms. The van der Waals surface area contributed by atoms with Crippen LogP contribution in [-0.4, -0.2) is 24.0 Å². The van der Waals surface area contributed by atoms with E-state index in [0.29, 0.717) is 11.8 Å². The second kappa shape index (κ2) is 7.28. The van der Waals surface area contributed by atoms with Crippen LogP contribution in [-0.2, 0) is 13.1 Å². The Balaban J connectivity index is 1.84. The lowest BCUT2D eigenvalue weighted by molar-refractivity contribution is 0.195. The zero-order chi connectivity index (χ0) is 14.5. The summed E-state index contributed by atoms with van der Waals surface area (Å²) in [6.07, 6.45) is 2.65. The number of hydrogen-bond donors (Lipinski definition) is 1. The lowest BCUT2D eigenvalue weighted by Gasteiger charge is -2.25. The highest BCUT2D eigenvalue weighted by Gasteiger charge is 2.20. The van der Waals surface area contributed by atoms with Crippen LogP contribution in [0.15, 0.2) is 16.5 Å². The SMILES string of the molecule is CC(C)CN(Cc1ccc(CNC2CC2)o1)CC(C)C. The summed E-state index contributed by atoms with van der Waals surface area (Å²) in [6.45, 7) is 13.2. The molecule has 1 heterocycles. The summed E-state index contributed by atoms with van der Waals surface area (Å²) in [5.74, 6) is 3.55. The van der Waals surface area contributed by atoms with Gasteiger partial charge in [0.1, 0.15) is 11.5 Å². The third-order valence-corrected chi connectivity index (χ3v) is 3.49. The van der Waals surface area contributed by atoms with Crippen LogP contribution in [0.5, 0.6) is 0 Å². The fraction of sp³-hybridized carbons (Fsp3) is 0.765. The van der Waals surface area contributed by atoms with Gasteiger partial charge in [-0.3, -0.25) is 4.90 Å². The maximum absolute atomic E-state index is 5.95. The van der Waals surface area contributed by atoms with Crippen molar-refractivity contribution >= 4 is 0 Å². The molecule has 1 aliphatic carbocycles. The van der Waals surface area contributed by atoms with Crippen LogP contribution in [0.3, 0.4) is 0 Å². The van der Waals surface area contributed by atoms with Gasteiger partial charge in [0.05, 0.1) is 13.1 Å². The lowest BCUT2D eigenvalue weighted by Crippen LogP contribution is -2.30. The van der Waals surface area contributed by atoms with Crippen molar-refractivity contribution in [1.82, 2.24) is 10.2 Å². The monoisotopic (exact) mass is 278 g/mol. The normalized spacial score (nSPS) is 15.8. The summed E-state index contributed by atoms with van der Waals surface area (Å²) in [5, 5.41) is 3.50. The summed E-state index contributed by atoms with van der Waals surface area (Å²) >= 11 is 0. The lowest BCUT2D eigenvalue weighted by atomic mass is 10.1. The molecule has 0 bridgehead atoms. The van der Waals surface area contributed by atoms with Gasteiger partial charge in [0.2, 0.25) is 0 Å². The Morgan fingerprint density at radius 3 is 2.25 bits per heavy atom. The van der Waals surface area contributed by atoms with E-state index in [9.17, 15) is 0 Å². The zero-order valence-corrected chi connectivity index (χ0v) is 13.5. The second-order valence-electron chi connectivity index (χ2n) is 7.00. The van der Waals surface area contributed by atoms with Gasteiger partial charge in [0.25, 0.3) is 0 Å². The molecule has 2 rings (SSSR count). The van der Waals surface area contributed by atoms with E-state index in [0.717, 1.165) is 43.7 Å². The molecular formula is C17H30N2O. The third kappa shape index (κ3) is 5.68. The van der Waals surface area contributed by atoms with Crippen molar-refractivity contribution in [1.29, 1.82) is 0 Å². The minimum Gasteiger partial charge on any atom is -0.463 e. The number of nitrogens with one attached hydrogen (secondary N) is 1. The average molecular weight is 278 g/mol. The van der Waals surface area contributed by atoms with Crippen LogP contribution < -0.4 is 5.32 Å². The molecule has 0 aliphatic heterocycles. The molecule has 1 aromatic heterocycles. The van der Waals surface area contributed by atoms with Gasteiger partial charge in [-0.05, 0) is 36.8 Å². The van der Waals surface area contributed by atoms with Gasteiger partial charge in [-0.15, -0.1) is 0 Å². The fourth-order valence-corrected chi connectivity index (χ4v) is 2.59. The zero-order valence-electron chi connectivity index (χ0n) is 13.5. The van der Waals surface area contributed by atoms with Gasteiger partial charge in [-0.1, -0.05) is 27.7 Å². The minimum absolute atomic E-state index is 0.694. The smallest absolute Gasteiger partial charge is 0.118 e. The van der Waals surface area contributed by atoms with Crippen molar-refractivity contribution in [2.45, 2.75) is 59.7 Å². The number of nitrogens with zero attached hydrogens (tertiary/aromatic N) is 1. The van der Waals surface area contributed by atoms with Crippen LogP contribution >= 0.6 is 0 Å². The molecule has 3 heteroatoms. The molecule has 1 saturated carbocycles. The molecule has 1 fully saturated rings. The molecule has 0 radical (unpaired) electrons. The molecule has 0 aromatic carbocycles. The molecule has 0 spiro atoms. The molecule has 0 atom stereocenters. The van der Waals surface area contributed by atoms with Crippen LogP contribution in [0.25, 0.3) is 0 Å². The molecule has 114 valence electrons. The molecule has 0 amide bonds. The molecule has 1 aliphatic rings. The van der Waals surface area contributed by atoms with Crippen molar-refractivity contribution in [3.63, 3.8) is 0 Å². The van der Waals surface area contributed by atoms with Crippen LogP contribution in [0.4, 0.5) is 0 Å². The van der Waals surface area contributed by atoms with E-state index < -0.39 is 0 Å². The van der Waals surface area contributed by atoms with Gasteiger partial charge in [0, 0.05) is 19.1 Å². The average Bonchev–Trinajstić information content (AvgIpc) is 3.06. The van der Waals surface area contributed by atoms with Crippen LogP contribution in [0.2, 0.25) is 0 Å². The van der Waals surface area contributed by atoms with Gasteiger partial charge in [-0.2, -0.15) is 0 Å². The number of rotatable bonds is 9. The van der Waals surface area contributed by atoms with E-state index in [1.165, 1.54) is 12.8 Å². The summed E-state index contributed by atoms with van der Waals surface area (Å²) < 4.78 is 5.95. The van der Waals surface area contributed by atoms with E-state index in [4.69, 9.17) is 4.42 Å². The predicted molar refractivity (Wildman–Crippen MR) is 83.5 cm³/mol. The van der Waals surface area contributed by atoms with Crippen molar-refractivity contribution in [2.24, 2.45) is 11.8 Å². The topological polar surface area (TPSA) is 28.4 Å². The van der Waals surface area contributed by atoms with E-state index in [1.54, 1.807) is 0 Å². The Bertz CT molecular complexity index is 383. The quantitative estimate of drug-likeness (QED) is 0.747. The Hall–Kier alpha value is -0.800. The third-order valence-electron chi connectivity index (χ3n) is 3.49. The second-order valence-corrected chi connectivity index (χ2v) is 7.00. The minimum atomic E-state index is 0.694.